The zero-order chi connectivity index (χ0) is 12.5. The van der Waals surface area contributed by atoms with E-state index in [9.17, 15) is 5.11 Å². The van der Waals surface area contributed by atoms with Crippen molar-refractivity contribution in [3.8, 4) is 11.5 Å². The second-order valence-corrected chi connectivity index (χ2v) is 4.85. The number of hydrogen-bond donors (Lipinski definition) is 1. The van der Waals surface area contributed by atoms with Crippen LogP contribution < -0.4 is 4.74 Å². The second kappa shape index (κ2) is 5.99. The average Bonchev–Trinajstić information content (AvgIpc) is 2.57. The van der Waals surface area contributed by atoms with Gasteiger partial charge in [-0.05, 0) is 31.2 Å². The Morgan fingerprint density at radius 2 is 2.21 bits per heavy atom. The van der Waals surface area contributed by atoms with Crippen molar-refractivity contribution in [2.45, 2.75) is 25.5 Å². The maximum Gasteiger partial charge on any atom is 0.125 e. The van der Waals surface area contributed by atoms with Crippen molar-refractivity contribution in [1.82, 2.24) is 4.90 Å². The van der Waals surface area contributed by atoms with Gasteiger partial charge in [0.25, 0.3) is 0 Å². The number of phenolic OH excluding ortho intramolecular Hbond substituents is 1. The van der Waals surface area contributed by atoms with Crippen LogP contribution in [-0.4, -0.2) is 42.4 Å². The van der Waals surface area contributed by atoms with E-state index in [1.165, 1.54) is 0 Å². The molecule has 1 aromatic rings. The Kier molecular flexibility index (Phi) is 4.55. The first-order valence-corrected chi connectivity index (χ1v) is 6.61. The molecule has 0 aliphatic carbocycles. The Bertz CT molecular complexity index is 441. The molecule has 2 unspecified atom stereocenters. The maximum atomic E-state index is 9.67. The molecule has 1 N–H and O–H groups in total. The molecule has 1 fully saturated rings. The van der Waals surface area contributed by atoms with E-state index >= 15 is 0 Å². The molecule has 2 aliphatic heterocycles. The van der Waals surface area contributed by atoms with Crippen molar-refractivity contribution >= 4 is 12.4 Å². The van der Waals surface area contributed by atoms with Gasteiger partial charge in [-0.1, -0.05) is 6.92 Å². The van der Waals surface area contributed by atoms with E-state index in [0.717, 1.165) is 37.4 Å². The number of benzene rings is 1. The Balaban J connectivity index is 0.00000133. The molecule has 2 heterocycles. The van der Waals surface area contributed by atoms with E-state index in [2.05, 4.69) is 11.8 Å². The lowest BCUT2D eigenvalue weighted by Crippen LogP contribution is -2.46. The lowest BCUT2D eigenvalue weighted by atomic mass is 9.97. The molecule has 0 aromatic heterocycles. The quantitative estimate of drug-likeness (QED) is 0.860. The number of hydrogen-bond acceptors (Lipinski definition) is 4. The molecule has 19 heavy (non-hydrogen) atoms. The Morgan fingerprint density at radius 3 is 3.00 bits per heavy atom. The normalized spacial score (nSPS) is 26.4. The van der Waals surface area contributed by atoms with Gasteiger partial charge >= 0.3 is 0 Å². The lowest BCUT2D eigenvalue weighted by molar-refractivity contribution is -0.0725. The summed E-state index contributed by atoms with van der Waals surface area (Å²) in [4.78, 5) is 2.44. The fourth-order valence-corrected chi connectivity index (χ4v) is 2.97. The van der Waals surface area contributed by atoms with Gasteiger partial charge in [0.1, 0.15) is 17.6 Å². The smallest absolute Gasteiger partial charge is 0.125 e. The number of ether oxygens (including phenoxy) is 2. The molecular formula is C14H20ClNO3. The number of phenols is 1. The minimum atomic E-state index is 0. The minimum absolute atomic E-state index is 0. The van der Waals surface area contributed by atoms with Gasteiger partial charge in [0.15, 0.2) is 0 Å². The molecule has 0 amide bonds. The van der Waals surface area contributed by atoms with E-state index in [4.69, 9.17) is 9.47 Å². The minimum Gasteiger partial charge on any atom is -0.508 e. The number of nitrogens with zero attached hydrogens (tertiary/aromatic N) is 1. The number of halogens is 1. The molecule has 106 valence electrons. The summed E-state index contributed by atoms with van der Waals surface area (Å²) in [5.41, 5.74) is 0.982. The summed E-state index contributed by atoms with van der Waals surface area (Å²) in [6.45, 7) is 5.63. The highest BCUT2D eigenvalue weighted by atomic mass is 35.5. The van der Waals surface area contributed by atoms with Crippen LogP contribution in [0.4, 0.5) is 0 Å². The number of morpholine rings is 1. The van der Waals surface area contributed by atoms with Crippen molar-refractivity contribution in [2.24, 2.45) is 0 Å². The molecule has 5 heteroatoms. The van der Waals surface area contributed by atoms with Gasteiger partial charge in [0.2, 0.25) is 0 Å². The number of aromatic hydroxyl groups is 1. The second-order valence-electron chi connectivity index (χ2n) is 4.85. The number of fused-ring (bicyclic) bond motifs is 3. The molecule has 1 aromatic carbocycles. The predicted molar refractivity (Wildman–Crippen MR) is 75.2 cm³/mol. The first-order chi connectivity index (χ1) is 8.79. The molecule has 2 atom stereocenters. The van der Waals surface area contributed by atoms with Crippen LogP contribution in [0.2, 0.25) is 0 Å². The Hall–Kier alpha value is -0.970. The van der Waals surface area contributed by atoms with Crippen molar-refractivity contribution in [1.29, 1.82) is 0 Å². The zero-order valence-electron chi connectivity index (χ0n) is 11.0. The molecule has 0 radical (unpaired) electrons. The van der Waals surface area contributed by atoms with E-state index in [1.54, 1.807) is 12.1 Å². The highest BCUT2D eigenvalue weighted by Gasteiger charge is 2.36. The summed E-state index contributed by atoms with van der Waals surface area (Å²) >= 11 is 0. The van der Waals surface area contributed by atoms with Gasteiger partial charge in [-0.3, -0.25) is 4.90 Å². The van der Waals surface area contributed by atoms with E-state index < -0.39 is 0 Å². The van der Waals surface area contributed by atoms with Crippen LogP contribution in [0.1, 0.15) is 25.0 Å². The van der Waals surface area contributed by atoms with Gasteiger partial charge in [0.05, 0.1) is 13.2 Å². The first-order valence-electron chi connectivity index (χ1n) is 6.61. The first kappa shape index (κ1) is 14.4. The molecule has 2 aliphatic rings. The third kappa shape index (κ3) is 2.66. The number of likely N-dealkylation sites (N-methyl/N-ethyl adjacent to an activating group) is 1. The summed E-state index contributed by atoms with van der Waals surface area (Å²) in [7, 11) is 0. The molecule has 4 nitrogen and oxygen atoms in total. The van der Waals surface area contributed by atoms with Crippen LogP contribution in [0.3, 0.4) is 0 Å². The average molecular weight is 286 g/mol. The van der Waals surface area contributed by atoms with E-state index in [-0.39, 0.29) is 24.3 Å². The summed E-state index contributed by atoms with van der Waals surface area (Å²) in [5, 5.41) is 9.67. The monoisotopic (exact) mass is 285 g/mol. The fourth-order valence-electron chi connectivity index (χ4n) is 2.97. The zero-order valence-corrected chi connectivity index (χ0v) is 11.9. The van der Waals surface area contributed by atoms with Gasteiger partial charge in [-0.25, -0.2) is 0 Å². The number of rotatable bonds is 1. The summed E-state index contributed by atoms with van der Waals surface area (Å²) < 4.78 is 11.7. The Morgan fingerprint density at radius 1 is 1.37 bits per heavy atom. The van der Waals surface area contributed by atoms with Gasteiger partial charge < -0.3 is 14.6 Å². The van der Waals surface area contributed by atoms with Crippen LogP contribution in [0.5, 0.6) is 11.5 Å². The van der Waals surface area contributed by atoms with Crippen molar-refractivity contribution < 1.29 is 14.6 Å². The van der Waals surface area contributed by atoms with Crippen molar-refractivity contribution in [2.75, 3.05) is 26.3 Å². The lowest BCUT2D eigenvalue weighted by Gasteiger charge is -2.39. The largest absolute Gasteiger partial charge is 0.508 e. The highest BCUT2D eigenvalue weighted by Crippen LogP contribution is 2.39. The molecule has 0 spiro atoms. The van der Waals surface area contributed by atoms with Gasteiger partial charge in [-0.2, -0.15) is 0 Å². The van der Waals surface area contributed by atoms with Crippen molar-refractivity contribution in [3.63, 3.8) is 0 Å². The molecular weight excluding hydrogens is 266 g/mol. The molecule has 0 saturated carbocycles. The summed E-state index contributed by atoms with van der Waals surface area (Å²) in [5.74, 6) is 1.12. The standard InChI is InChI=1S/C14H19NO3.ClH/c1-2-15-6-8-18-14-11-9-10(16)3-4-13(11)17-7-5-12(14)15;/h3-4,9,12,14,16H,2,5-8H2,1H3;1H. The topological polar surface area (TPSA) is 41.9 Å². The highest BCUT2D eigenvalue weighted by molar-refractivity contribution is 5.85. The van der Waals surface area contributed by atoms with Crippen LogP contribution in [0, 0.1) is 0 Å². The third-order valence-corrected chi connectivity index (χ3v) is 3.87. The molecule has 1 saturated heterocycles. The van der Waals surface area contributed by atoms with Crippen LogP contribution in [0.25, 0.3) is 0 Å². The van der Waals surface area contributed by atoms with Gasteiger partial charge in [-0.15, -0.1) is 12.4 Å². The molecule has 0 bridgehead atoms. The van der Waals surface area contributed by atoms with E-state index in [1.807, 2.05) is 6.07 Å². The molecule has 3 rings (SSSR count). The third-order valence-electron chi connectivity index (χ3n) is 3.87. The SMILES string of the molecule is CCN1CCOC2c3cc(O)ccc3OCCC21.Cl. The van der Waals surface area contributed by atoms with E-state index in [0.29, 0.717) is 12.6 Å². The maximum absolute atomic E-state index is 9.67. The van der Waals surface area contributed by atoms with Crippen molar-refractivity contribution in [3.05, 3.63) is 23.8 Å². The van der Waals surface area contributed by atoms with Gasteiger partial charge in [0, 0.05) is 18.2 Å². The summed E-state index contributed by atoms with van der Waals surface area (Å²) in [6, 6.07) is 5.63. The van der Waals surface area contributed by atoms with Crippen LogP contribution in [0.15, 0.2) is 18.2 Å². The predicted octanol–water partition coefficient (Wildman–Crippen LogP) is 2.36. The van der Waals surface area contributed by atoms with Crippen LogP contribution in [-0.2, 0) is 4.74 Å². The Labute approximate surface area is 119 Å². The fraction of sp³-hybridized carbons (Fsp3) is 0.571. The van der Waals surface area contributed by atoms with Crippen LogP contribution >= 0.6 is 12.4 Å². The summed E-state index contributed by atoms with van der Waals surface area (Å²) in [6.07, 6.45) is 0.983.